The van der Waals surface area contributed by atoms with Gasteiger partial charge in [-0.15, -0.1) is 0 Å². The first-order chi connectivity index (χ1) is 10.2. The van der Waals surface area contributed by atoms with Crippen molar-refractivity contribution in [3.05, 3.63) is 60.7 Å². The second-order valence-electron chi connectivity index (χ2n) is 5.89. The van der Waals surface area contributed by atoms with Gasteiger partial charge in [-0.25, -0.2) is 0 Å². The van der Waals surface area contributed by atoms with E-state index in [1.54, 1.807) is 0 Å². The van der Waals surface area contributed by atoms with Crippen LogP contribution in [0.15, 0.2) is 60.7 Å². The molecule has 0 bridgehead atoms. The van der Waals surface area contributed by atoms with Gasteiger partial charge in [0.15, 0.2) is 0 Å². The highest BCUT2D eigenvalue weighted by Crippen LogP contribution is 2.29. The minimum absolute atomic E-state index is 0.194. The van der Waals surface area contributed by atoms with E-state index in [-0.39, 0.29) is 5.60 Å². The maximum absolute atomic E-state index is 6.66. The molecule has 0 saturated carbocycles. The molecule has 2 aromatic carbocycles. The fraction of sp³-hybridized carbons (Fsp3) is 0.333. The summed E-state index contributed by atoms with van der Waals surface area (Å²) in [7, 11) is -1.25. The molecular weight excluding hydrogens is 276 g/mol. The molecule has 0 amide bonds. The van der Waals surface area contributed by atoms with E-state index in [0.717, 1.165) is 6.61 Å². The van der Waals surface area contributed by atoms with E-state index < -0.39 is 9.04 Å². The molecule has 0 spiro atoms. The van der Waals surface area contributed by atoms with Crippen LogP contribution in [0.3, 0.4) is 0 Å². The zero-order chi connectivity index (χ0) is 14.7. The maximum atomic E-state index is 6.66. The molecule has 0 aliphatic carbocycles. The highest BCUT2D eigenvalue weighted by molar-refractivity contribution is 6.80. The summed E-state index contributed by atoms with van der Waals surface area (Å²) in [5, 5.41) is 2.57. The Kier molecular flexibility index (Phi) is 4.24. The second-order valence-corrected chi connectivity index (χ2v) is 7.91. The lowest BCUT2D eigenvalue weighted by atomic mass is 9.95. The molecule has 1 fully saturated rings. The van der Waals surface area contributed by atoms with Crippen molar-refractivity contribution in [2.75, 3.05) is 13.2 Å². The third-order valence-corrected chi connectivity index (χ3v) is 6.59. The van der Waals surface area contributed by atoms with Gasteiger partial charge in [0, 0.05) is 5.92 Å². The number of ether oxygens (including phenoxy) is 1. The normalized spacial score (nSPS) is 25.4. The van der Waals surface area contributed by atoms with Crippen LogP contribution in [0.25, 0.3) is 0 Å². The smallest absolute Gasteiger partial charge is 0.283 e. The van der Waals surface area contributed by atoms with E-state index in [9.17, 15) is 0 Å². The van der Waals surface area contributed by atoms with E-state index in [2.05, 4.69) is 74.5 Å². The van der Waals surface area contributed by atoms with Crippen LogP contribution < -0.4 is 10.4 Å². The summed E-state index contributed by atoms with van der Waals surface area (Å²) >= 11 is 0. The Labute approximate surface area is 128 Å². The first kappa shape index (κ1) is 14.5. The maximum Gasteiger partial charge on any atom is 0.283 e. The quantitative estimate of drug-likeness (QED) is 0.806. The topological polar surface area (TPSA) is 18.5 Å². The van der Waals surface area contributed by atoms with Crippen molar-refractivity contribution in [3.8, 4) is 0 Å². The van der Waals surface area contributed by atoms with Crippen LogP contribution in [0.5, 0.6) is 0 Å². The molecule has 0 unspecified atom stereocenters. The molecule has 1 radical (unpaired) electrons. The molecule has 2 atom stereocenters. The van der Waals surface area contributed by atoms with Crippen LogP contribution in [-0.2, 0) is 9.16 Å². The zero-order valence-electron chi connectivity index (χ0n) is 12.6. The van der Waals surface area contributed by atoms with Crippen molar-refractivity contribution in [1.29, 1.82) is 0 Å². The minimum atomic E-state index is -1.25. The first-order valence-corrected chi connectivity index (χ1v) is 8.84. The molecule has 2 nitrogen and oxygen atoms in total. The Hall–Kier alpha value is -1.42. The molecular formula is C18H21O2Si. The number of hydrogen-bond acceptors (Lipinski definition) is 2. The highest BCUT2D eigenvalue weighted by Gasteiger charge is 2.41. The Bertz CT molecular complexity index is 533. The predicted molar refractivity (Wildman–Crippen MR) is 87.4 cm³/mol. The summed E-state index contributed by atoms with van der Waals surface area (Å²) < 4.78 is 12.3. The van der Waals surface area contributed by atoms with Gasteiger partial charge in [-0.3, -0.25) is 0 Å². The van der Waals surface area contributed by atoms with E-state index in [1.807, 2.05) is 0 Å². The summed E-state index contributed by atoms with van der Waals surface area (Å²) in [6.07, 6.45) is 0. The van der Waals surface area contributed by atoms with Crippen LogP contribution in [0, 0.1) is 5.92 Å². The molecule has 109 valence electrons. The van der Waals surface area contributed by atoms with Crippen LogP contribution in [0.1, 0.15) is 13.8 Å². The van der Waals surface area contributed by atoms with Crippen molar-refractivity contribution < 1.29 is 9.16 Å². The number of rotatable bonds is 4. The van der Waals surface area contributed by atoms with Gasteiger partial charge < -0.3 is 9.16 Å². The summed E-state index contributed by atoms with van der Waals surface area (Å²) in [5.74, 6) is 0.421. The van der Waals surface area contributed by atoms with E-state index >= 15 is 0 Å². The Morgan fingerprint density at radius 3 is 1.95 bits per heavy atom. The van der Waals surface area contributed by atoms with Crippen molar-refractivity contribution in [3.63, 3.8) is 0 Å². The first-order valence-electron chi connectivity index (χ1n) is 7.43. The minimum Gasteiger partial charge on any atom is -0.399 e. The molecule has 1 aliphatic rings. The summed E-state index contributed by atoms with van der Waals surface area (Å²) in [4.78, 5) is 0. The van der Waals surface area contributed by atoms with Crippen LogP contribution >= 0.6 is 0 Å². The molecule has 0 N–H and O–H groups in total. The average molecular weight is 297 g/mol. The third-order valence-electron chi connectivity index (χ3n) is 4.21. The largest absolute Gasteiger partial charge is 0.399 e. The molecule has 1 aliphatic heterocycles. The molecule has 3 rings (SSSR count). The van der Waals surface area contributed by atoms with Crippen LogP contribution in [-0.4, -0.2) is 27.9 Å². The van der Waals surface area contributed by atoms with Gasteiger partial charge in [0.25, 0.3) is 9.04 Å². The van der Waals surface area contributed by atoms with Gasteiger partial charge in [-0.05, 0) is 17.3 Å². The Balaban J connectivity index is 1.94. The van der Waals surface area contributed by atoms with Crippen molar-refractivity contribution in [2.24, 2.45) is 5.92 Å². The average Bonchev–Trinajstić information content (AvgIpc) is 2.86. The van der Waals surface area contributed by atoms with Crippen molar-refractivity contribution >= 4 is 19.4 Å². The van der Waals surface area contributed by atoms with Gasteiger partial charge in [-0.1, -0.05) is 67.6 Å². The lowest BCUT2D eigenvalue weighted by Crippen LogP contribution is -2.52. The monoisotopic (exact) mass is 297 g/mol. The van der Waals surface area contributed by atoms with Crippen LogP contribution in [0.2, 0.25) is 0 Å². The van der Waals surface area contributed by atoms with Gasteiger partial charge in [0.2, 0.25) is 0 Å². The van der Waals surface area contributed by atoms with Crippen molar-refractivity contribution in [2.45, 2.75) is 19.4 Å². The molecule has 2 aromatic rings. The van der Waals surface area contributed by atoms with Crippen LogP contribution in [0.4, 0.5) is 0 Å². The molecule has 21 heavy (non-hydrogen) atoms. The van der Waals surface area contributed by atoms with Gasteiger partial charge in [0.1, 0.15) is 0 Å². The second kappa shape index (κ2) is 6.14. The summed E-state index contributed by atoms with van der Waals surface area (Å²) in [5.41, 5.74) is -0.194. The van der Waals surface area contributed by atoms with E-state index in [4.69, 9.17) is 9.16 Å². The standard InChI is InChI=1S/C18H21O2Si/c1-15-13-19-14-18(15,2)20-21(16-9-5-3-6-10-16)17-11-7-4-8-12-17/h3-12,15H,13-14H2,1-2H3/t15-,18+/m0/s1. The number of hydrogen-bond donors (Lipinski definition) is 0. The highest BCUT2D eigenvalue weighted by atomic mass is 28.3. The SMILES string of the molecule is C[C@H]1COC[C@@]1(C)O[Si](c1ccccc1)c1ccccc1. The third kappa shape index (κ3) is 3.10. The zero-order valence-corrected chi connectivity index (χ0v) is 13.6. The number of benzene rings is 2. The summed E-state index contributed by atoms with van der Waals surface area (Å²) in [6, 6.07) is 21.1. The lowest BCUT2D eigenvalue weighted by Gasteiger charge is -2.32. The Morgan fingerprint density at radius 2 is 1.52 bits per heavy atom. The van der Waals surface area contributed by atoms with Gasteiger partial charge >= 0.3 is 0 Å². The van der Waals surface area contributed by atoms with Crippen molar-refractivity contribution in [1.82, 2.24) is 0 Å². The summed E-state index contributed by atoms with van der Waals surface area (Å²) in [6.45, 7) is 5.86. The van der Waals surface area contributed by atoms with E-state index in [1.165, 1.54) is 10.4 Å². The molecule has 1 heterocycles. The Morgan fingerprint density at radius 1 is 1.00 bits per heavy atom. The molecule has 3 heteroatoms. The van der Waals surface area contributed by atoms with Gasteiger partial charge in [0.05, 0.1) is 18.8 Å². The fourth-order valence-electron chi connectivity index (χ4n) is 2.58. The predicted octanol–water partition coefficient (Wildman–Crippen LogP) is 2.23. The van der Waals surface area contributed by atoms with Gasteiger partial charge in [-0.2, -0.15) is 0 Å². The molecule has 0 aromatic heterocycles. The molecule has 1 saturated heterocycles. The lowest BCUT2D eigenvalue weighted by molar-refractivity contribution is 0.0505. The fourth-order valence-corrected chi connectivity index (χ4v) is 4.87. The van der Waals surface area contributed by atoms with E-state index in [0.29, 0.717) is 12.5 Å².